The Kier molecular flexibility index (Phi) is 6.44. The van der Waals surface area contributed by atoms with E-state index in [-0.39, 0.29) is 12.1 Å². The Morgan fingerprint density at radius 1 is 0.968 bits per heavy atom. The van der Waals surface area contributed by atoms with E-state index in [9.17, 15) is 9.90 Å². The number of primary amides is 1. The molecule has 0 radical (unpaired) electrons. The Balaban J connectivity index is 1.67. The summed E-state index contributed by atoms with van der Waals surface area (Å²) in [4.78, 5) is 12.0. The molecule has 6 heteroatoms. The highest BCUT2D eigenvalue weighted by molar-refractivity contribution is 6.32. The van der Waals surface area contributed by atoms with Crippen molar-refractivity contribution in [1.29, 1.82) is 0 Å². The predicted octanol–water partition coefficient (Wildman–Crippen LogP) is 5.61. The minimum Gasteiger partial charge on any atom is -0.455 e. The molecule has 4 N–H and O–H groups in total. The molecule has 3 aromatic carbocycles. The third-order valence-electron chi connectivity index (χ3n) is 5.60. The summed E-state index contributed by atoms with van der Waals surface area (Å²) in [7, 11) is 0. The molecule has 31 heavy (non-hydrogen) atoms. The van der Waals surface area contributed by atoms with Gasteiger partial charge >= 0.3 is 0 Å². The molecule has 0 aliphatic heterocycles. The number of hydrogen-bond acceptors (Lipinski definition) is 4. The predicted molar refractivity (Wildman–Crippen MR) is 124 cm³/mol. The number of aliphatic hydroxyl groups is 1. The lowest BCUT2D eigenvalue weighted by Gasteiger charge is -2.28. The van der Waals surface area contributed by atoms with Crippen LogP contribution in [0.4, 0.5) is 5.69 Å². The maximum Gasteiger partial charge on any atom is 0.250 e. The van der Waals surface area contributed by atoms with E-state index in [0.717, 1.165) is 36.8 Å². The van der Waals surface area contributed by atoms with E-state index in [1.54, 1.807) is 12.1 Å². The van der Waals surface area contributed by atoms with Crippen molar-refractivity contribution in [2.75, 3.05) is 5.32 Å². The minimum atomic E-state index is -0.481. The van der Waals surface area contributed by atoms with Gasteiger partial charge in [-0.1, -0.05) is 48.0 Å². The molecule has 0 aromatic heterocycles. The maximum absolute atomic E-state index is 12.0. The van der Waals surface area contributed by atoms with E-state index in [4.69, 9.17) is 22.1 Å². The van der Waals surface area contributed by atoms with Crippen LogP contribution in [-0.4, -0.2) is 23.2 Å². The number of rotatable bonds is 6. The summed E-state index contributed by atoms with van der Waals surface area (Å²) in [5.41, 5.74) is 8.53. The van der Waals surface area contributed by atoms with Gasteiger partial charge in [0, 0.05) is 17.3 Å². The number of anilines is 1. The highest BCUT2D eigenvalue weighted by Gasteiger charge is 2.21. The number of carbonyl (C=O) groups is 1. The van der Waals surface area contributed by atoms with Crippen LogP contribution in [0.2, 0.25) is 5.02 Å². The van der Waals surface area contributed by atoms with E-state index in [1.807, 2.05) is 54.6 Å². The molecule has 1 saturated carbocycles. The van der Waals surface area contributed by atoms with Gasteiger partial charge < -0.3 is 20.9 Å². The van der Waals surface area contributed by atoms with Crippen LogP contribution in [0.1, 0.15) is 36.0 Å². The van der Waals surface area contributed by atoms with Gasteiger partial charge in [0.15, 0.2) is 0 Å². The zero-order valence-corrected chi connectivity index (χ0v) is 17.8. The van der Waals surface area contributed by atoms with Gasteiger partial charge in [-0.2, -0.15) is 0 Å². The monoisotopic (exact) mass is 436 g/mol. The van der Waals surface area contributed by atoms with Crippen LogP contribution in [0.3, 0.4) is 0 Å². The smallest absolute Gasteiger partial charge is 0.250 e. The van der Waals surface area contributed by atoms with E-state index in [2.05, 4.69) is 5.32 Å². The molecule has 0 unspecified atom stereocenters. The fourth-order valence-corrected chi connectivity index (χ4v) is 4.10. The fraction of sp³-hybridized carbons (Fsp3) is 0.240. The molecular weight excluding hydrogens is 412 g/mol. The molecule has 3 aromatic rings. The van der Waals surface area contributed by atoms with Crippen molar-refractivity contribution >= 4 is 23.2 Å². The van der Waals surface area contributed by atoms with Crippen LogP contribution in [0.5, 0.6) is 11.5 Å². The third-order valence-corrected chi connectivity index (χ3v) is 5.91. The zero-order valence-electron chi connectivity index (χ0n) is 17.1. The van der Waals surface area contributed by atoms with Crippen LogP contribution < -0.4 is 15.8 Å². The Morgan fingerprint density at radius 3 is 2.35 bits per heavy atom. The highest BCUT2D eigenvalue weighted by atomic mass is 35.5. The number of carbonyl (C=O) groups excluding carboxylic acids is 1. The third kappa shape index (κ3) is 5.01. The van der Waals surface area contributed by atoms with Crippen molar-refractivity contribution < 1.29 is 14.6 Å². The molecule has 0 spiro atoms. The number of aliphatic hydroxyl groups excluding tert-OH is 1. The summed E-state index contributed by atoms with van der Waals surface area (Å²) >= 11 is 6.27. The van der Waals surface area contributed by atoms with Gasteiger partial charge in [0.05, 0.1) is 16.7 Å². The first kappa shape index (κ1) is 21.2. The lowest BCUT2D eigenvalue weighted by Crippen LogP contribution is -2.29. The van der Waals surface area contributed by atoms with Crippen LogP contribution in [0.15, 0.2) is 66.7 Å². The van der Waals surface area contributed by atoms with Crippen molar-refractivity contribution in [1.82, 2.24) is 0 Å². The van der Waals surface area contributed by atoms with Crippen molar-refractivity contribution in [2.24, 2.45) is 5.73 Å². The van der Waals surface area contributed by atoms with Gasteiger partial charge in [-0.15, -0.1) is 0 Å². The summed E-state index contributed by atoms with van der Waals surface area (Å²) in [5.74, 6) is 0.754. The quantitative estimate of drug-likeness (QED) is 0.468. The van der Waals surface area contributed by atoms with Gasteiger partial charge in [-0.05, 0) is 61.6 Å². The number of hydrogen-bond donors (Lipinski definition) is 3. The lowest BCUT2D eigenvalue weighted by molar-refractivity contribution is 0.100. The van der Waals surface area contributed by atoms with E-state index in [1.165, 1.54) is 0 Å². The van der Waals surface area contributed by atoms with Gasteiger partial charge in [0.1, 0.15) is 11.5 Å². The summed E-state index contributed by atoms with van der Waals surface area (Å²) in [6, 6.07) is 20.7. The molecule has 160 valence electrons. The molecule has 0 bridgehead atoms. The minimum absolute atomic E-state index is 0.186. The van der Waals surface area contributed by atoms with Crippen molar-refractivity contribution in [2.45, 2.75) is 37.8 Å². The molecule has 1 amide bonds. The average molecular weight is 437 g/mol. The largest absolute Gasteiger partial charge is 0.455 e. The first-order valence-electron chi connectivity index (χ1n) is 10.4. The summed E-state index contributed by atoms with van der Waals surface area (Å²) in [5, 5.41) is 13.8. The number of amides is 1. The second kappa shape index (κ2) is 9.41. The Hall–Kier alpha value is -3.02. The highest BCUT2D eigenvalue weighted by Crippen LogP contribution is 2.37. The number of nitrogens with two attached hydrogens (primary N) is 1. The van der Waals surface area contributed by atoms with E-state index >= 15 is 0 Å². The molecule has 0 atom stereocenters. The molecule has 1 aliphatic rings. The Bertz CT molecular complexity index is 1080. The van der Waals surface area contributed by atoms with E-state index in [0.29, 0.717) is 27.8 Å². The van der Waals surface area contributed by atoms with Crippen LogP contribution in [0.25, 0.3) is 11.1 Å². The number of halogens is 1. The van der Waals surface area contributed by atoms with Crippen molar-refractivity contribution in [3.05, 3.63) is 77.3 Å². The summed E-state index contributed by atoms with van der Waals surface area (Å²) in [6.45, 7) is 0. The van der Waals surface area contributed by atoms with Crippen LogP contribution in [-0.2, 0) is 0 Å². The van der Waals surface area contributed by atoms with Crippen molar-refractivity contribution in [3.63, 3.8) is 0 Å². The van der Waals surface area contributed by atoms with Gasteiger partial charge in [-0.3, -0.25) is 4.79 Å². The molecule has 0 saturated heterocycles. The first-order valence-corrected chi connectivity index (χ1v) is 10.8. The molecule has 0 heterocycles. The molecule has 4 rings (SSSR count). The van der Waals surface area contributed by atoms with Crippen LogP contribution in [0, 0.1) is 0 Å². The number of ether oxygens (including phenoxy) is 1. The average Bonchev–Trinajstić information content (AvgIpc) is 2.77. The van der Waals surface area contributed by atoms with Crippen molar-refractivity contribution in [3.8, 4) is 22.6 Å². The SMILES string of the molecule is NC(=O)c1ccc(-c2ccccc2Oc2ccccc2Cl)cc1N[C@H]1CC[C@H](O)CC1. The second-order valence-corrected chi connectivity index (χ2v) is 8.21. The lowest BCUT2D eigenvalue weighted by atomic mass is 9.92. The topological polar surface area (TPSA) is 84.6 Å². The number of nitrogens with one attached hydrogen (secondary N) is 1. The molecule has 1 aliphatic carbocycles. The zero-order chi connectivity index (χ0) is 21.8. The molecular formula is C25H25ClN2O3. The Labute approximate surface area is 186 Å². The molecule has 1 fully saturated rings. The summed E-state index contributed by atoms with van der Waals surface area (Å²) < 4.78 is 6.10. The van der Waals surface area contributed by atoms with E-state index < -0.39 is 5.91 Å². The van der Waals surface area contributed by atoms with Crippen LogP contribution >= 0.6 is 11.6 Å². The van der Waals surface area contributed by atoms with Gasteiger partial charge in [0.25, 0.3) is 5.91 Å². The second-order valence-electron chi connectivity index (χ2n) is 7.80. The maximum atomic E-state index is 12.0. The van der Waals surface area contributed by atoms with Gasteiger partial charge in [0.2, 0.25) is 0 Å². The molecule has 5 nitrogen and oxygen atoms in total. The Morgan fingerprint density at radius 2 is 1.65 bits per heavy atom. The fourth-order valence-electron chi connectivity index (χ4n) is 3.93. The summed E-state index contributed by atoms with van der Waals surface area (Å²) in [6.07, 6.45) is 2.94. The number of para-hydroxylation sites is 2. The number of benzene rings is 3. The van der Waals surface area contributed by atoms with Gasteiger partial charge in [-0.25, -0.2) is 0 Å². The normalized spacial score (nSPS) is 18.4. The standard InChI is InChI=1S/C25H25ClN2O3/c26-21-6-2-4-8-24(21)31-23-7-3-1-5-19(23)16-9-14-20(25(27)30)22(15-16)28-17-10-12-18(29)13-11-17/h1-9,14-15,17-18,28-29H,10-13H2,(H2,27,30)/t17-,18-. The first-order chi connectivity index (χ1) is 15.0.